The molecule has 0 fully saturated rings. The van der Waals surface area contributed by atoms with Gasteiger partial charge in [-0.25, -0.2) is 0 Å². The molecule has 0 unspecified atom stereocenters. The Balaban J connectivity index is 2.69. The van der Waals surface area contributed by atoms with Gasteiger partial charge in [0.25, 0.3) is 0 Å². The van der Waals surface area contributed by atoms with E-state index in [-0.39, 0.29) is 0 Å². The zero-order valence-electron chi connectivity index (χ0n) is 6.57. The van der Waals surface area contributed by atoms with Gasteiger partial charge in [0, 0.05) is 11.9 Å². The molecule has 3 N–H and O–H groups in total. The molecule has 0 bridgehead atoms. The zero-order valence-corrected chi connectivity index (χ0v) is 6.57. The van der Waals surface area contributed by atoms with Gasteiger partial charge in [-0.3, -0.25) is 0 Å². The Bertz CT molecular complexity index is 293. The fourth-order valence-corrected chi connectivity index (χ4v) is 0.750. The van der Waals surface area contributed by atoms with Crippen molar-refractivity contribution >= 4 is 17.6 Å². The highest BCUT2D eigenvalue weighted by Gasteiger charge is 1.87. The fraction of sp³-hybridized carbons (Fsp3) is 0.125. The van der Waals surface area contributed by atoms with Crippen LogP contribution >= 0.6 is 0 Å². The Kier molecular flexibility index (Phi) is 2.95. The number of hydrogen-bond donors (Lipinski definition) is 2. The van der Waals surface area contributed by atoms with Crippen molar-refractivity contribution < 1.29 is 0 Å². The lowest BCUT2D eigenvalue weighted by molar-refractivity contribution is 1.11. The predicted octanol–water partition coefficient (Wildman–Crippen LogP) is 2.00. The third-order valence-corrected chi connectivity index (χ3v) is 1.23. The van der Waals surface area contributed by atoms with E-state index < -0.39 is 0 Å². The topological polar surface area (TPSA) is 74.6 Å². The lowest BCUT2D eigenvalue weighted by atomic mass is 10.3. The van der Waals surface area contributed by atoms with E-state index in [0.29, 0.717) is 12.2 Å². The molecule has 0 aliphatic carbocycles. The third-order valence-electron chi connectivity index (χ3n) is 1.23. The molecule has 4 nitrogen and oxygen atoms in total. The largest absolute Gasteiger partial charge is 0.399 e. The van der Waals surface area contributed by atoms with E-state index >= 15 is 0 Å². The summed E-state index contributed by atoms with van der Waals surface area (Å²) in [6.07, 6.45) is 1.19. The highest BCUT2D eigenvalue weighted by atomic mass is 15.1. The number of azo groups is 1. The summed E-state index contributed by atoms with van der Waals surface area (Å²) in [7, 11) is 0. The molecule has 0 saturated carbocycles. The van der Waals surface area contributed by atoms with Crippen molar-refractivity contribution in [3.63, 3.8) is 0 Å². The van der Waals surface area contributed by atoms with Gasteiger partial charge in [-0.15, -0.1) is 0 Å². The number of nitrogen functional groups attached to an aromatic ring is 1. The highest BCUT2D eigenvalue weighted by molar-refractivity contribution is 5.55. The van der Waals surface area contributed by atoms with Gasteiger partial charge in [0.05, 0.1) is 12.2 Å². The van der Waals surface area contributed by atoms with E-state index in [1.54, 1.807) is 12.1 Å². The van der Waals surface area contributed by atoms with Crippen LogP contribution in [0.3, 0.4) is 0 Å². The summed E-state index contributed by atoms with van der Waals surface area (Å²) in [6.45, 7) is 0.314. The molecule has 0 atom stereocenters. The maximum absolute atomic E-state index is 6.71. The predicted molar refractivity (Wildman–Crippen MR) is 49.0 cm³/mol. The summed E-state index contributed by atoms with van der Waals surface area (Å²) in [5, 5.41) is 14.3. The Morgan fingerprint density at radius 3 is 3.00 bits per heavy atom. The molecule has 1 rings (SSSR count). The Morgan fingerprint density at radius 2 is 2.33 bits per heavy atom. The molecule has 0 aliphatic rings. The second-order valence-electron chi connectivity index (χ2n) is 2.22. The molecule has 1 aromatic carbocycles. The van der Waals surface area contributed by atoms with E-state index in [2.05, 4.69) is 10.2 Å². The van der Waals surface area contributed by atoms with Crippen molar-refractivity contribution in [2.75, 3.05) is 12.3 Å². The molecule has 0 heterocycles. The van der Waals surface area contributed by atoms with Gasteiger partial charge in [-0.2, -0.15) is 10.2 Å². The van der Waals surface area contributed by atoms with Crippen LogP contribution in [-0.2, 0) is 0 Å². The van der Waals surface area contributed by atoms with Crippen LogP contribution in [0.15, 0.2) is 34.5 Å². The smallest absolute Gasteiger partial charge is 0.0948 e. The lowest BCUT2D eigenvalue weighted by Gasteiger charge is -1.92. The SMILES string of the molecule is N=CCN=Nc1cccc(N)c1. The zero-order chi connectivity index (χ0) is 8.81. The van der Waals surface area contributed by atoms with Crippen molar-refractivity contribution in [2.24, 2.45) is 10.2 Å². The Labute approximate surface area is 70.6 Å². The van der Waals surface area contributed by atoms with E-state index in [4.69, 9.17) is 11.1 Å². The minimum atomic E-state index is 0.314. The molecule has 0 spiro atoms. The van der Waals surface area contributed by atoms with Crippen LogP contribution in [0.1, 0.15) is 0 Å². The van der Waals surface area contributed by atoms with Gasteiger partial charge in [0.15, 0.2) is 0 Å². The van der Waals surface area contributed by atoms with E-state index in [0.717, 1.165) is 5.69 Å². The number of rotatable bonds is 3. The monoisotopic (exact) mass is 162 g/mol. The van der Waals surface area contributed by atoms with Crippen molar-refractivity contribution in [1.29, 1.82) is 5.41 Å². The first-order valence-corrected chi connectivity index (χ1v) is 3.55. The van der Waals surface area contributed by atoms with E-state index in [9.17, 15) is 0 Å². The van der Waals surface area contributed by atoms with Gasteiger partial charge >= 0.3 is 0 Å². The normalized spacial score (nSPS) is 10.3. The standard InChI is InChI=1S/C8H10N4/c9-4-5-11-12-8-3-1-2-7(10)6-8/h1-4,6,9H,5,10H2. The first-order valence-electron chi connectivity index (χ1n) is 3.55. The van der Waals surface area contributed by atoms with Crippen LogP contribution in [0.4, 0.5) is 11.4 Å². The molecule has 0 amide bonds. The van der Waals surface area contributed by atoms with Crippen molar-refractivity contribution in [3.8, 4) is 0 Å². The first-order chi connectivity index (χ1) is 5.83. The summed E-state index contributed by atoms with van der Waals surface area (Å²) in [5.74, 6) is 0. The van der Waals surface area contributed by atoms with Crippen LogP contribution in [0, 0.1) is 5.41 Å². The number of benzene rings is 1. The number of nitrogens with two attached hydrogens (primary N) is 1. The Morgan fingerprint density at radius 1 is 1.50 bits per heavy atom. The number of hydrogen-bond acceptors (Lipinski definition) is 4. The maximum Gasteiger partial charge on any atom is 0.0948 e. The molecule has 0 saturated heterocycles. The average Bonchev–Trinajstić information content (AvgIpc) is 2.05. The molecule has 12 heavy (non-hydrogen) atoms. The van der Waals surface area contributed by atoms with Crippen LogP contribution in [0.5, 0.6) is 0 Å². The summed E-state index contributed by atoms with van der Waals surface area (Å²) in [6, 6.07) is 7.14. The number of nitrogens with zero attached hydrogens (tertiary/aromatic N) is 2. The van der Waals surface area contributed by atoms with Gasteiger partial charge in [0.1, 0.15) is 0 Å². The van der Waals surface area contributed by atoms with Crippen molar-refractivity contribution in [2.45, 2.75) is 0 Å². The van der Waals surface area contributed by atoms with Gasteiger partial charge in [-0.1, -0.05) is 6.07 Å². The minimum absolute atomic E-state index is 0.314. The lowest BCUT2D eigenvalue weighted by Crippen LogP contribution is -1.81. The fourth-order valence-electron chi connectivity index (χ4n) is 0.750. The molecule has 1 aromatic rings. The number of nitrogens with one attached hydrogen (secondary N) is 1. The van der Waals surface area contributed by atoms with Gasteiger partial charge in [-0.05, 0) is 18.2 Å². The molecule has 0 radical (unpaired) electrons. The Hall–Kier alpha value is -1.71. The minimum Gasteiger partial charge on any atom is -0.399 e. The molecular formula is C8H10N4. The van der Waals surface area contributed by atoms with Crippen molar-refractivity contribution in [3.05, 3.63) is 24.3 Å². The second kappa shape index (κ2) is 4.23. The van der Waals surface area contributed by atoms with Gasteiger partial charge in [0.2, 0.25) is 0 Å². The third kappa shape index (κ3) is 2.49. The van der Waals surface area contributed by atoms with E-state index in [1.165, 1.54) is 6.21 Å². The molecular weight excluding hydrogens is 152 g/mol. The van der Waals surface area contributed by atoms with Crippen LogP contribution in [0.25, 0.3) is 0 Å². The molecule has 62 valence electrons. The highest BCUT2D eigenvalue weighted by Crippen LogP contribution is 2.15. The summed E-state index contributed by atoms with van der Waals surface area (Å²) in [4.78, 5) is 0. The first kappa shape index (κ1) is 8.39. The molecule has 0 aromatic heterocycles. The van der Waals surface area contributed by atoms with Crippen LogP contribution < -0.4 is 5.73 Å². The maximum atomic E-state index is 6.71. The van der Waals surface area contributed by atoms with Crippen molar-refractivity contribution in [1.82, 2.24) is 0 Å². The molecule has 4 heteroatoms. The van der Waals surface area contributed by atoms with Crippen LogP contribution in [-0.4, -0.2) is 12.8 Å². The van der Waals surface area contributed by atoms with E-state index in [1.807, 2.05) is 12.1 Å². The van der Waals surface area contributed by atoms with Gasteiger partial charge < -0.3 is 11.1 Å². The quantitative estimate of drug-likeness (QED) is 0.398. The average molecular weight is 162 g/mol. The summed E-state index contributed by atoms with van der Waals surface area (Å²) < 4.78 is 0. The summed E-state index contributed by atoms with van der Waals surface area (Å²) >= 11 is 0. The molecule has 0 aliphatic heterocycles. The number of anilines is 1. The second-order valence-corrected chi connectivity index (χ2v) is 2.22. The van der Waals surface area contributed by atoms with Crippen LogP contribution in [0.2, 0.25) is 0 Å². The summed E-state index contributed by atoms with van der Waals surface area (Å²) in [5.41, 5.74) is 6.90.